The summed E-state index contributed by atoms with van der Waals surface area (Å²) < 4.78 is 0. The van der Waals surface area contributed by atoms with Crippen LogP contribution >= 0.6 is 0 Å². The Morgan fingerprint density at radius 1 is 1.18 bits per heavy atom. The normalized spacial score (nSPS) is 10.1. The average Bonchev–Trinajstić information content (AvgIpc) is 2.30. The number of rotatable bonds is 4. The summed E-state index contributed by atoms with van der Waals surface area (Å²) in [5.74, 6) is -0.515. The molecule has 5 nitrogen and oxygen atoms in total. The lowest BCUT2D eigenvalue weighted by molar-refractivity contribution is -0.122. The third kappa shape index (κ3) is 5.12. The lowest BCUT2D eigenvalue weighted by atomic mass is 10.2. The van der Waals surface area contributed by atoms with Gasteiger partial charge in [0.05, 0.1) is 0 Å². The Labute approximate surface area is 101 Å². The third-order valence-corrected chi connectivity index (χ3v) is 2.10. The molecule has 0 radical (unpaired) electrons. The maximum Gasteiger partial charge on any atom is 0.335 e. The van der Waals surface area contributed by atoms with Crippen molar-refractivity contribution in [2.45, 2.75) is 20.4 Å². The van der Waals surface area contributed by atoms with E-state index in [2.05, 4.69) is 16.2 Å². The van der Waals surface area contributed by atoms with Crippen molar-refractivity contribution in [3.8, 4) is 0 Å². The van der Waals surface area contributed by atoms with Crippen LogP contribution in [0, 0.1) is 5.92 Å². The SMILES string of the molecule is CC(C)C(=O)NC(=O)NNCc1ccccc1. The number of hydrazine groups is 1. The van der Waals surface area contributed by atoms with Gasteiger partial charge in [-0.05, 0) is 5.56 Å². The molecule has 0 aliphatic heterocycles. The molecule has 0 fully saturated rings. The molecule has 0 saturated carbocycles. The summed E-state index contributed by atoms with van der Waals surface area (Å²) in [5, 5.41) is 2.21. The smallest absolute Gasteiger partial charge is 0.277 e. The number of urea groups is 1. The van der Waals surface area contributed by atoms with Crippen LogP contribution in [0.4, 0.5) is 4.79 Å². The van der Waals surface area contributed by atoms with E-state index in [9.17, 15) is 9.59 Å². The molecular formula is C12H17N3O2. The van der Waals surface area contributed by atoms with Crippen molar-refractivity contribution >= 4 is 11.9 Å². The fraction of sp³-hybridized carbons (Fsp3) is 0.333. The van der Waals surface area contributed by atoms with Gasteiger partial charge in [0.1, 0.15) is 0 Å². The van der Waals surface area contributed by atoms with Crippen LogP contribution in [0.2, 0.25) is 0 Å². The van der Waals surface area contributed by atoms with E-state index in [1.165, 1.54) is 0 Å². The first kappa shape index (κ1) is 13.2. The number of hydrogen-bond acceptors (Lipinski definition) is 3. The highest BCUT2D eigenvalue weighted by Gasteiger charge is 2.10. The van der Waals surface area contributed by atoms with Gasteiger partial charge in [-0.25, -0.2) is 10.2 Å². The molecule has 0 bridgehead atoms. The van der Waals surface area contributed by atoms with E-state index in [0.717, 1.165) is 5.56 Å². The molecule has 1 rings (SSSR count). The van der Waals surface area contributed by atoms with Gasteiger partial charge in [0, 0.05) is 12.5 Å². The summed E-state index contributed by atoms with van der Waals surface area (Å²) in [5.41, 5.74) is 6.17. The summed E-state index contributed by atoms with van der Waals surface area (Å²) in [7, 11) is 0. The van der Waals surface area contributed by atoms with Crippen molar-refractivity contribution < 1.29 is 9.59 Å². The van der Waals surface area contributed by atoms with Gasteiger partial charge in [0.15, 0.2) is 0 Å². The Balaban J connectivity index is 2.23. The predicted molar refractivity (Wildman–Crippen MR) is 64.8 cm³/mol. The first-order chi connectivity index (χ1) is 8.09. The minimum absolute atomic E-state index is 0.213. The molecule has 0 aliphatic rings. The highest BCUT2D eigenvalue weighted by molar-refractivity contribution is 5.94. The van der Waals surface area contributed by atoms with Crippen LogP contribution in [0.15, 0.2) is 30.3 Å². The molecule has 0 aromatic heterocycles. The Hall–Kier alpha value is -1.88. The fourth-order valence-corrected chi connectivity index (χ4v) is 1.11. The van der Waals surface area contributed by atoms with Gasteiger partial charge in [-0.15, -0.1) is 0 Å². The van der Waals surface area contributed by atoms with E-state index in [4.69, 9.17) is 0 Å². The molecule has 0 spiro atoms. The van der Waals surface area contributed by atoms with E-state index in [-0.39, 0.29) is 11.8 Å². The zero-order chi connectivity index (χ0) is 12.7. The molecule has 92 valence electrons. The maximum absolute atomic E-state index is 11.2. The van der Waals surface area contributed by atoms with Crippen LogP contribution in [0.5, 0.6) is 0 Å². The summed E-state index contributed by atoms with van der Waals surface area (Å²) in [6, 6.07) is 9.08. The lowest BCUT2D eigenvalue weighted by Gasteiger charge is -2.09. The number of benzene rings is 1. The van der Waals surface area contributed by atoms with Crippen molar-refractivity contribution in [3.63, 3.8) is 0 Å². The topological polar surface area (TPSA) is 70.2 Å². The van der Waals surface area contributed by atoms with E-state index < -0.39 is 6.03 Å². The molecule has 0 saturated heterocycles. The Morgan fingerprint density at radius 2 is 1.82 bits per heavy atom. The van der Waals surface area contributed by atoms with Crippen LogP contribution in [0.1, 0.15) is 19.4 Å². The van der Waals surface area contributed by atoms with Gasteiger partial charge in [-0.3, -0.25) is 15.5 Å². The molecule has 0 heterocycles. The molecule has 0 atom stereocenters. The Morgan fingerprint density at radius 3 is 2.41 bits per heavy atom. The first-order valence-corrected chi connectivity index (χ1v) is 5.47. The standard InChI is InChI=1S/C12H17N3O2/c1-9(2)11(16)14-12(17)15-13-8-10-6-4-3-5-7-10/h3-7,9,13H,8H2,1-2H3,(H2,14,15,16,17). The van der Waals surface area contributed by atoms with Gasteiger partial charge >= 0.3 is 6.03 Å². The molecule has 1 aromatic rings. The van der Waals surface area contributed by atoms with Crippen molar-refractivity contribution in [2.24, 2.45) is 5.92 Å². The number of amides is 3. The monoisotopic (exact) mass is 235 g/mol. The third-order valence-electron chi connectivity index (χ3n) is 2.10. The Bertz CT molecular complexity index is 377. The average molecular weight is 235 g/mol. The fourth-order valence-electron chi connectivity index (χ4n) is 1.11. The predicted octanol–water partition coefficient (Wildman–Crippen LogP) is 1.17. The number of nitrogens with one attached hydrogen (secondary N) is 3. The molecule has 1 aromatic carbocycles. The zero-order valence-electron chi connectivity index (χ0n) is 9.99. The van der Waals surface area contributed by atoms with Gasteiger partial charge in [-0.2, -0.15) is 0 Å². The van der Waals surface area contributed by atoms with E-state index >= 15 is 0 Å². The van der Waals surface area contributed by atoms with Crippen molar-refractivity contribution in [1.29, 1.82) is 0 Å². The molecule has 0 unspecified atom stereocenters. The highest BCUT2D eigenvalue weighted by atomic mass is 16.2. The van der Waals surface area contributed by atoms with Crippen molar-refractivity contribution in [1.82, 2.24) is 16.2 Å². The minimum atomic E-state index is -0.542. The molecule has 5 heteroatoms. The first-order valence-electron chi connectivity index (χ1n) is 5.47. The lowest BCUT2D eigenvalue weighted by Crippen LogP contribution is -2.47. The minimum Gasteiger partial charge on any atom is -0.277 e. The highest BCUT2D eigenvalue weighted by Crippen LogP contribution is 1.96. The van der Waals surface area contributed by atoms with Crippen molar-refractivity contribution in [3.05, 3.63) is 35.9 Å². The second kappa shape index (κ2) is 6.65. The largest absolute Gasteiger partial charge is 0.335 e. The number of carbonyl (C=O) groups excluding carboxylic acids is 2. The van der Waals surface area contributed by atoms with Crippen LogP contribution in [0.3, 0.4) is 0 Å². The number of hydrogen-bond donors (Lipinski definition) is 3. The summed E-state index contributed by atoms with van der Waals surface area (Å²) in [4.78, 5) is 22.4. The number of imide groups is 1. The number of carbonyl (C=O) groups is 2. The summed E-state index contributed by atoms with van der Waals surface area (Å²) >= 11 is 0. The zero-order valence-corrected chi connectivity index (χ0v) is 9.99. The van der Waals surface area contributed by atoms with Gasteiger partial charge in [0.25, 0.3) is 0 Å². The molecule has 17 heavy (non-hydrogen) atoms. The second-order valence-electron chi connectivity index (χ2n) is 3.94. The summed E-state index contributed by atoms with van der Waals surface area (Å²) in [6.07, 6.45) is 0. The van der Waals surface area contributed by atoms with Gasteiger partial charge in [-0.1, -0.05) is 44.2 Å². The van der Waals surface area contributed by atoms with Crippen molar-refractivity contribution in [2.75, 3.05) is 0 Å². The van der Waals surface area contributed by atoms with Gasteiger partial charge < -0.3 is 0 Å². The van der Waals surface area contributed by atoms with E-state index in [0.29, 0.717) is 6.54 Å². The van der Waals surface area contributed by atoms with E-state index in [1.54, 1.807) is 13.8 Å². The van der Waals surface area contributed by atoms with E-state index in [1.807, 2.05) is 30.3 Å². The molecular weight excluding hydrogens is 218 g/mol. The van der Waals surface area contributed by atoms with Crippen LogP contribution in [0.25, 0.3) is 0 Å². The Kier molecular flexibility index (Phi) is 5.16. The maximum atomic E-state index is 11.2. The van der Waals surface area contributed by atoms with Gasteiger partial charge in [0.2, 0.25) is 5.91 Å². The summed E-state index contributed by atoms with van der Waals surface area (Å²) in [6.45, 7) is 3.95. The second-order valence-corrected chi connectivity index (χ2v) is 3.94. The quantitative estimate of drug-likeness (QED) is 0.686. The van der Waals surface area contributed by atoms with Crippen LogP contribution in [-0.4, -0.2) is 11.9 Å². The van der Waals surface area contributed by atoms with Crippen LogP contribution < -0.4 is 16.2 Å². The molecule has 3 N–H and O–H groups in total. The van der Waals surface area contributed by atoms with Crippen LogP contribution in [-0.2, 0) is 11.3 Å². The molecule has 3 amide bonds. The molecule has 0 aliphatic carbocycles.